The van der Waals surface area contributed by atoms with Crippen LogP contribution in [0.5, 0.6) is 0 Å². The van der Waals surface area contributed by atoms with Crippen LogP contribution < -0.4 is 10.6 Å². The smallest absolute Gasteiger partial charge is 0.389 e. The molecule has 1 aromatic rings. The van der Waals surface area contributed by atoms with E-state index in [0.717, 1.165) is 31.1 Å². The third-order valence-electron chi connectivity index (χ3n) is 3.46. The summed E-state index contributed by atoms with van der Waals surface area (Å²) in [6.45, 7) is 2.91. The van der Waals surface area contributed by atoms with E-state index in [1.54, 1.807) is 0 Å². The minimum absolute atomic E-state index is 0.0981. The SMILES string of the molecule is CC1CCCN1c1ccc(C(F)(F)F)c(C(N)=S)c1. The van der Waals surface area contributed by atoms with E-state index >= 15 is 0 Å². The first kappa shape index (κ1) is 14.1. The van der Waals surface area contributed by atoms with Crippen molar-refractivity contribution in [1.82, 2.24) is 0 Å². The van der Waals surface area contributed by atoms with E-state index in [-0.39, 0.29) is 10.6 Å². The van der Waals surface area contributed by atoms with Gasteiger partial charge in [-0.1, -0.05) is 12.2 Å². The van der Waals surface area contributed by atoms with Gasteiger partial charge in [-0.25, -0.2) is 0 Å². The Kier molecular flexibility index (Phi) is 3.71. The van der Waals surface area contributed by atoms with E-state index in [1.165, 1.54) is 12.1 Å². The van der Waals surface area contributed by atoms with Crippen molar-refractivity contribution in [2.24, 2.45) is 5.73 Å². The van der Waals surface area contributed by atoms with Crippen LogP contribution in [-0.2, 0) is 6.18 Å². The summed E-state index contributed by atoms with van der Waals surface area (Å²) in [7, 11) is 0. The van der Waals surface area contributed by atoms with Crippen LogP contribution in [0.2, 0.25) is 0 Å². The molecule has 1 unspecified atom stereocenters. The molecule has 0 aromatic heterocycles. The lowest BCUT2D eigenvalue weighted by Gasteiger charge is -2.25. The van der Waals surface area contributed by atoms with Crippen molar-refractivity contribution >= 4 is 22.9 Å². The van der Waals surface area contributed by atoms with Crippen LogP contribution in [0.3, 0.4) is 0 Å². The monoisotopic (exact) mass is 288 g/mol. The average Bonchev–Trinajstić information content (AvgIpc) is 2.73. The van der Waals surface area contributed by atoms with Crippen LogP contribution in [-0.4, -0.2) is 17.6 Å². The molecule has 104 valence electrons. The number of alkyl halides is 3. The summed E-state index contributed by atoms with van der Waals surface area (Å²) in [5.74, 6) is 0. The molecule has 1 fully saturated rings. The highest BCUT2D eigenvalue weighted by Crippen LogP contribution is 2.35. The number of halogens is 3. The lowest BCUT2D eigenvalue weighted by Crippen LogP contribution is -2.27. The molecule has 0 radical (unpaired) electrons. The molecule has 0 spiro atoms. The number of hydrogen-bond donors (Lipinski definition) is 1. The van der Waals surface area contributed by atoms with Crippen molar-refractivity contribution in [3.05, 3.63) is 29.3 Å². The lowest BCUT2D eigenvalue weighted by molar-refractivity contribution is -0.137. The molecule has 0 saturated carbocycles. The van der Waals surface area contributed by atoms with Gasteiger partial charge in [0.15, 0.2) is 0 Å². The highest BCUT2D eigenvalue weighted by molar-refractivity contribution is 7.80. The van der Waals surface area contributed by atoms with Gasteiger partial charge >= 0.3 is 6.18 Å². The predicted octanol–water partition coefficient (Wildman–Crippen LogP) is 3.33. The number of hydrogen-bond acceptors (Lipinski definition) is 2. The molecule has 1 aliphatic rings. The fraction of sp³-hybridized carbons (Fsp3) is 0.462. The summed E-state index contributed by atoms with van der Waals surface area (Å²) in [4.78, 5) is 1.86. The third kappa shape index (κ3) is 2.83. The zero-order valence-electron chi connectivity index (χ0n) is 10.5. The number of anilines is 1. The maximum absolute atomic E-state index is 12.9. The molecule has 2 rings (SSSR count). The molecule has 0 aliphatic carbocycles. The van der Waals surface area contributed by atoms with Crippen LogP contribution in [0.1, 0.15) is 30.9 Å². The number of benzene rings is 1. The topological polar surface area (TPSA) is 29.3 Å². The fourth-order valence-corrected chi connectivity index (χ4v) is 2.65. The van der Waals surface area contributed by atoms with Gasteiger partial charge in [-0.3, -0.25) is 0 Å². The number of nitrogens with zero attached hydrogens (tertiary/aromatic N) is 1. The molecule has 1 saturated heterocycles. The van der Waals surface area contributed by atoms with Gasteiger partial charge in [0.1, 0.15) is 4.99 Å². The van der Waals surface area contributed by atoms with Crippen molar-refractivity contribution in [3.63, 3.8) is 0 Å². The van der Waals surface area contributed by atoms with Crippen molar-refractivity contribution in [2.75, 3.05) is 11.4 Å². The van der Waals surface area contributed by atoms with Crippen LogP contribution >= 0.6 is 12.2 Å². The number of thiocarbonyl (C=S) groups is 1. The highest BCUT2D eigenvalue weighted by atomic mass is 32.1. The lowest BCUT2D eigenvalue weighted by atomic mass is 10.1. The highest BCUT2D eigenvalue weighted by Gasteiger charge is 2.34. The molecule has 1 atom stereocenters. The number of rotatable bonds is 2. The molecule has 1 aliphatic heterocycles. The minimum Gasteiger partial charge on any atom is -0.389 e. The third-order valence-corrected chi connectivity index (χ3v) is 3.68. The molecule has 1 heterocycles. The Bertz CT molecular complexity index is 499. The second-order valence-corrected chi connectivity index (χ2v) is 5.22. The van der Waals surface area contributed by atoms with Gasteiger partial charge in [0, 0.05) is 23.8 Å². The van der Waals surface area contributed by atoms with Gasteiger partial charge in [0.2, 0.25) is 0 Å². The van der Waals surface area contributed by atoms with Crippen molar-refractivity contribution in [3.8, 4) is 0 Å². The molecule has 0 amide bonds. The Hall–Kier alpha value is -1.30. The normalized spacial score (nSPS) is 19.8. The first-order chi connectivity index (χ1) is 8.80. The number of nitrogens with two attached hydrogens (primary N) is 1. The Morgan fingerprint density at radius 3 is 2.58 bits per heavy atom. The first-order valence-electron chi connectivity index (χ1n) is 6.08. The van der Waals surface area contributed by atoms with Crippen LogP contribution in [0.4, 0.5) is 18.9 Å². The van der Waals surface area contributed by atoms with E-state index in [0.29, 0.717) is 6.04 Å². The van der Waals surface area contributed by atoms with Gasteiger partial charge in [-0.2, -0.15) is 13.2 Å². The molecule has 2 N–H and O–H groups in total. The predicted molar refractivity (Wildman–Crippen MR) is 73.4 cm³/mol. The Morgan fingerprint density at radius 2 is 2.11 bits per heavy atom. The Morgan fingerprint density at radius 1 is 1.42 bits per heavy atom. The summed E-state index contributed by atoms with van der Waals surface area (Å²) in [6, 6.07) is 4.34. The zero-order valence-corrected chi connectivity index (χ0v) is 11.3. The quantitative estimate of drug-likeness (QED) is 0.846. The molecular weight excluding hydrogens is 273 g/mol. The molecule has 19 heavy (non-hydrogen) atoms. The van der Waals surface area contributed by atoms with Gasteiger partial charge in [0.05, 0.1) is 5.56 Å². The van der Waals surface area contributed by atoms with Gasteiger partial charge < -0.3 is 10.6 Å². The van der Waals surface area contributed by atoms with Gasteiger partial charge in [0.25, 0.3) is 0 Å². The van der Waals surface area contributed by atoms with Gasteiger partial charge in [-0.05, 0) is 38.0 Å². The minimum atomic E-state index is -4.44. The second kappa shape index (κ2) is 5.00. The summed E-state index contributed by atoms with van der Waals surface area (Å²) >= 11 is 4.74. The maximum Gasteiger partial charge on any atom is 0.417 e. The fourth-order valence-electron chi connectivity index (χ4n) is 2.48. The van der Waals surface area contributed by atoms with E-state index in [2.05, 4.69) is 11.8 Å². The van der Waals surface area contributed by atoms with Crippen molar-refractivity contribution in [2.45, 2.75) is 32.0 Å². The summed E-state index contributed by atoms with van der Waals surface area (Å²) in [6.07, 6.45) is -2.35. The van der Waals surface area contributed by atoms with Crippen LogP contribution in [0, 0.1) is 0 Å². The van der Waals surface area contributed by atoms with E-state index < -0.39 is 11.7 Å². The standard InChI is InChI=1S/C13H15F3N2S/c1-8-3-2-6-18(8)9-4-5-11(13(14,15)16)10(7-9)12(17)19/h4-5,7-8H,2-3,6H2,1H3,(H2,17,19). The Balaban J connectivity index is 2.45. The average molecular weight is 288 g/mol. The van der Waals surface area contributed by atoms with Crippen LogP contribution in [0.25, 0.3) is 0 Å². The summed E-state index contributed by atoms with van der Waals surface area (Å²) in [5.41, 5.74) is 5.31. The first-order valence-corrected chi connectivity index (χ1v) is 6.49. The van der Waals surface area contributed by atoms with Crippen molar-refractivity contribution in [1.29, 1.82) is 0 Å². The summed E-state index contributed by atoms with van der Waals surface area (Å²) in [5, 5.41) is 0. The molecular formula is C13H15F3N2S. The zero-order chi connectivity index (χ0) is 14.2. The largest absolute Gasteiger partial charge is 0.417 e. The second-order valence-electron chi connectivity index (χ2n) is 4.78. The van der Waals surface area contributed by atoms with Crippen LogP contribution in [0.15, 0.2) is 18.2 Å². The van der Waals surface area contributed by atoms with Gasteiger partial charge in [-0.15, -0.1) is 0 Å². The Labute approximate surface area is 115 Å². The molecule has 1 aromatic carbocycles. The van der Waals surface area contributed by atoms with E-state index in [1.807, 2.05) is 0 Å². The van der Waals surface area contributed by atoms with E-state index in [9.17, 15) is 13.2 Å². The summed E-state index contributed by atoms with van der Waals surface area (Å²) < 4.78 is 38.6. The molecule has 6 heteroatoms. The molecule has 2 nitrogen and oxygen atoms in total. The maximum atomic E-state index is 12.9. The van der Waals surface area contributed by atoms with Crippen molar-refractivity contribution < 1.29 is 13.2 Å². The van der Waals surface area contributed by atoms with E-state index in [4.69, 9.17) is 18.0 Å². The molecule has 0 bridgehead atoms.